The van der Waals surface area contributed by atoms with Crippen LogP contribution in [0, 0.1) is 5.82 Å². The summed E-state index contributed by atoms with van der Waals surface area (Å²) < 4.78 is 17.9. The van der Waals surface area contributed by atoms with Gasteiger partial charge in [-0.25, -0.2) is 4.39 Å². The van der Waals surface area contributed by atoms with Gasteiger partial charge in [0.25, 0.3) is 0 Å². The third-order valence-corrected chi connectivity index (χ3v) is 2.91. The van der Waals surface area contributed by atoms with Crippen LogP contribution in [0.5, 0.6) is 0 Å². The molecule has 0 saturated carbocycles. The molecule has 1 aromatic heterocycles. The number of nitrogens with zero attached hydrogens (tertiary/aromatic N) is 3. The molecular formula is C12H13FN4O. The van der Waals surface area contributed by atoms with Crippen molar-refractivity contribution in [1.82, 2.24) is 15.0 Å². The van der Waals surface area contributed by atoms with Crippen molar-refractivity contribution >= 4 is 0 Å². The number of hydrogen-bond acceptors (Lipinski definition) is 5. The molecule has 0 aliphatic carbocycles. The topological polar surface area (TPSA) is 68.2 Å². The lowest BCUT2D eigenvalue weighted by Gasteiger charge is -2.35. The van der Waals surface area contributed by atoms with Gasteiger partial charge < -0.3 is 10.3 Å². The molecule has 0 bridgehead atoms. The molecular weight excluding hydrogens is 235 g/mol. The molecule has 6 heteroatoms. The summed E-state index contributed by atoms with van der Waals surface area (Å²) in [5, 5.41) is 3.88. The second-order valence-electron chi connectivity index (χ2n) is 4.47. The highest BCUT2D eigenvalue weighted by atomic mass is 19.1. The van der Waals surface area contributed by atoms with E-state index in [1.165, 1.54) is 12.1 Å². The highest BCUT2D eigenvalue weighted by Crippen LogP contribution is 2.17. The van der Waals surface area contributed by atoms with E-state index in [1.807, 2.05) is 0 Å². The second kappa shape index (κ2) is 4.47. The van der Waals surface area contributed by atoms with Crippen LogP contribution in [0.25, 0.3) is 11.4 Å². The fourth-order valence-electron chi connectivity index (χ4n) is 1.97. The third kappa shape index (κ3) is 2.25. The van der Waals surface area contributed by atoms with Crippen LogP contribution >= 0.6 is 0 Å². The van der Waals surface area contributed by atoms with E-state index in [0.717, 1.165) is 18.7 Å². The van der Waals surface area contributed by atoms with Crippen LogP contribution in [0.3, 0.4) is 0 Å². The van der Waals surface area contributed by atoms with E-state index in [1.54, 1.807) is 12.1 Å². The van der Waals surface area contributed by atoms with Crippen LogP contribution < -0.4 is 5.73 Å². The van der Waals surface area contributed by atoms with Crippen molar-refractivity contribution in [2.45, 2.75) is 12.6 Å². The maximum Gasteiger partial charge on any atom is 0.241 e. The number of rotatable bonds is 3. The van der Waals surface area contributed by atoms with E-state index < -0.39 is 0 Å². The first-order valence-corrected chi connectivity index (χ1v) is 5.77. The van der Waals surface area contributed by atoms with E-state index >= 15 is 0 Å². The predicted molar refractivity (Wildman–Crippen MR) is 62.9 cm³/mol. The van der Waals surface area contributed by atoms with Crippen molar-refractivity contribution in [3.05, 3.63) is 36.0 Å². The smallest absolute Gasteiger partial charge is 0.241 e. The van der Waals surface area contributed by atoms with Crippen LogP contribution in [0.1, 0.15) is 5.89 Å². The number of hydrogen-bond donors (Lipinski definition) is 1. The SMILES string of the molecule is NC1CN(Cc2nc(-c3ccc(F)cc3)no2)C1. The third-order valence-electron chi connectivity index (χ3n) is 2.91. The molecule has 0 atom stereocenters. The van der Waals surface area contributed by atoms with Gasteiger partial charge in [0.1, 0.15) is 5.82 Å². The molecule has 1 aliphatic rings. The zero-order valence-corrected chi connectivity index (χ0v) is 9.71. The molecule has 1 fully saturated rings. The molecule has 0 spiro atoms. The van der Waals surface area contributed by atoms with E-state index in [0.29, 0.717) is 18.3 Å². The van der Waals surface area contributed by atoms with Crippen molar-refractivity contribution in [2.24, 2.45) is 5.73 Å². The minimum absolute atomic E-state index is 0.254. The Morgan fingerprint density at radius 3 is 2.72 bits per heavy atom. The first-order valence-electron chi connectivity index (χ1n) is 5.77. The summed E-state index contributed by atoms with van der Waals surface area (Å²) in [6.07, 6.45) is 0. The van der Waals surface area contributed by atoms with Gasteiger partial charge in [-0.3, -0.25) is 4.90 Å². The molecule has 0 radical (unpaired) electrons. The van der Waals surface area contributed by atoms with Gasteiger partial charge in [0.2, 0.25) is 11.7 Å². The van der Waals surface area contributed by atoms with Crippen molar-refractivity contribution in [2.75, 3.05) is 13.1 Å². The van der Waals surface area contributed by atoms with Gasteiger partial charge in [0.15, 0.2) is 0 Å². The molecule has 3 rings (SSSR count). The van der Waals surface area contributed by atoms with Crippen molar-refractivity contribution in [3.8, 4) is 11.4 Å². The quantitative estimate of drug-likeness (QED) is 0.878. The summed E-state index contributed by atoms with van der Waals surface area (Å²) in [7, 11) is 0. The second-order valence-corrected chi connectivity index (χ2v) is 4.47. The number of nitrogens with two attached hydrogens (primary N) is 1. The zero-order valence-electron chi connectivity index (χ0n) is 9.71. The molecule has 5 nitrogen and oxygen atoms in total. The van der Waals surface area contributed by atoms with Crippen molar-refractivity contribution in [3.63, 3.8) is 0 Å². The normalized spacial score (nSPS) is 16.8. The van der Waals surface area contributed by atoms with Crippen LogP contribution in [-0.4, -0.2) is 34.2 Å². The van der Waals surface area contributed by atoms with Crippen LogP contribution in [0.2, 0.25) is 0 Å². The predicted octanol–water partition coefficient (Wildman–Crippen LogP) is 1.02. The Hall–Kier alpha value is -1.79. The van der Waals surface area contributed by atoms with Gasteiger partial charge in [0.05, 0.1) is 6.54 Å². The van der Waals surface area contributed by atoms with Gasteiger partial charge >= 0.3 is 0 Å². The van der Waals surface area contributed by atoms with Crippen LogP contribution in [0.15, 0.2) is 28.8 Å². The average Bonchev–Trinajstić information content (AvgIpc) is 2.77. The lowest BCUT2D eigenvalue weighted by molar-refractivity contribution is 0.125. The van der Waals surface area contributed by atoms with E-state index in [2.05, 4.69) is 15.0 Å². The largest absolute Gasteiger partial charge is 0.338 e. The highest BCUT2D eigenvalue weighted by Gasteiger charge is 2.24. The molecule has 2 heterocycles. The minimum Gasteiger partial charge on any atom is -0.338 e. The van der Waals surface area contributed by atoms with Gasteiger partial charge in [-0.1, -0.05) is 5.16 Å². The van der Waals surface area contributed by atoms with E-state index in [-0.39, 0.29) is 11.9 Å². The Morgan fingerprint density at radius 2 is 2.06 bits per heavy atom. The van der Waals surface area contributed by atoms with Gasteiger partial charge in [-0.05, 0) is 24.3 Å². The molecule has 18 heavy (non-hydrogen) atoms. The lowest BCUT2D eigenvalue weighted by atomic mass is 10.1. The molecule has 1 aliphatic heterocycles. The van der Waals surface area contributed by atoms with Crippen LogP contribution in [-0.2, 0) is 6.54 Å². The molecule has 1 saturated heterocycles. The lowest BCUT2D eigenvalue weighted by Crippen LogP contribution is -2.54. The maximum atomic E-state index is 12.8. The monoisotopic (exact) mass is 248 g/mol. The van der Waals surface area contributed by atoms with Gasteiger partial charge in [0, 0.05) is 24.7 Å². The molecule has 1 aromatic carbocycles. The minimum atomic E-state index is -0.281. The van der Waals surface area contributed by atoms with E-state index in [9.17, 15) is 4.39 Å². The Labute approximate surface area is 103 Å². The highest BCUT2D eigenvalue weighted by molar-refractivity contribution is 5.53. The first-order chi connectivity index (χ1) is 8.70. The zero-order chi connectivity index (χ0) is 12.5. The summed E-state index contributed by atoms with van der Waals surface area (Å²) in [6, 6.07) is 6.26. The fraction of sp³-hybridized carbons (Fsp3) is 0.333. The summed E-state index contributed by atoms with van der Waals surface area (Å²) in [6.45, 7) is 2.32. The maximum absolute atomic E-state index is 12.8. The van der Waals surface area contributed by atoms with Crippen LogP contribution in [0.4, 0.5) is 4.39 Å². The Bertz CT molecular complexity index is 533. The summed E-state index contributed by atoms with van der Waals surface area (Å²) in [4.78, 5) is 6.41. The fourth-order valence-corrected chi connectivity index (χ4v) is 1.97. The average molecular weight is 248 g/mol. The van der Waals surface area contributed by atoms with Crippen molar-refractivity contribution < 1.29 is 8.91 Å². The standard InChI is InChI=1S/C12H13FN4O/c13-9-3-1-8(2-4-9)12-15-11(18-16-12)7-17-5-10(14)6-17/h1-4,10H,5-7,14H2. The van der Waals surface area contributed by atoms with Crippen molar-refractivity contribution in [1.29, 1.82) is 0 Å². The van der Waals surface area contributed by atoms with E-state index in [4.69, 9.17) is 10.3 Å². The molecule has 0 amide bonds. The first kappa shape index (κ1) is 11.3. The summed E-state index contributed by atoms with van der Waals surface area (Å²) >= 11 is 0. The number of halogens is 1. The Morgan fingerprint density at radius 1 is 1.33 bits per heavy atom. The summed E-state index contributed by atoms with van der Waals surface area (Å²) in [5.74, 6) is 0.757. The Balaban J connectivity index is 1.71. The molecule has 2 aromatic rings. The molecule has 94 valence electrons. The van der Waals surface area contributed by atoms with Gasteiger partial charge in [-0.2, -0.15) is 4.98 Å². The summed E-state index contributed by atoms with van der Waals surface area (Å²) in [5.41, 5.74) is 6.43. The Kier molecular flexibility index (Phi) is 2.81. The molecule has 2 N–H and O–H groups in total. The van der Waals surface area contributed by atoms with Gasteiger partial charge in [-0.15, -0.1) is 0 Å². The number of benzene rings is 1. The molecule has 0 unspecified atom stereocenters. The number of aromatic nitrogens is 2. The number of likely N-dealkylation sites (tertiary alicyclic amines) is 1.